The summed E-state index contributed by atoms with van der Waals surface area (Å²) >= 11 is 0. The van der Waals surface area contributed by atoms with Gasteiger partial charge in [-0.3, -0.25) is 9.48 Å². The van der Waals surface area contributed by atoms with E-state index in [0.29, 0.717) is 17.8 Å². The van der Waals surface area contributed by atoms with Crippen molar-refractivity contribution in [2.75, 3.05) is 5.32 Å². The molecule has 0 saturated heterocycles. The number of rotatable bonds is 5. The lowest BCUT2D eigenvalue weighted by Gasteiger charge is -2.05. The highest BCUT2D eigenvalue weighted by Crippen LogP contribution is 2.24. The van der Waals surface area contributed by atoms with Gasteiger partial charge in [-0.1, -0.05) is 78.4 Å². The summed E-state index contributed by atoms with van der Waals surface area (Å²) in [4.78, 5) is 13.0. The van der Waals surface area contributed by atoms with Crippen LogP contribution in [0.1, 0.15) is 21.5 Å². The zero-order valence-corrected chi connectivity index (χ0v) is 15.7. The summed E-state index contributed by atoms with van der Waals surface area (Å²) in [5.41, 5.74) is 5.24. The van der Waals surface area contributed by atoms with Crippen LogP contribution in [0.15, 0.2) is 91.1 Å². The largest absolute Gasteiger partial charge is 0.322 e. The van der Waals surface area contributed by atoms with Crippen LogP contribution in [0.5, 0.6) is 0 Å². The van der Waals surface area contributed by atoms with E-state index < -0.39 is 0 Å². The molecule has 0 unspecified atom stereocenters. The highest BCUT2D eigenvalue weighted by Gasteiger charge is 2.18. The molecule has 4 heteroatoms. The Morgan fingerprint density at radius 3 is 2.21 bits per heavy atom. The molecular weight excluding hydrogens is 346 g/mol. The van der Waals surface area contributed by atoms with Crippen LogP contribution < -0.4 is 5.32 Å². The van der Waals surface area contributed by atoms with Gasteiger partial charge in [-0.2, -0.15) is 5.10 Å². The van der Waals surface area contributed by atoms with Gasteiger partial charge >= 0.3 is 0 Å². The minimum atomic E-state index is -0.166. The van der Waals surface area contributed by atoms with Crippen molar-refractivity contribution in [2.45, 2.75) is 13.5 Å². The number of aryl methyl sites for hydroxylation is 1. The Morgan fingerprint density at radius 1 is 0.893 bits per heavy atom. The molecule has 4 aromatic rings. The third-order valence-electron chi connectivity index (χ3n) is 4.55. The van der Waals surface area contributed by atoms with Crippen LogP contribution in [0.3, 0.4) is 0 Å². The molecular formula is C24H21N3O. The molecule has 1 N–H and O–H groups in total. The van der Waals surface area contributed by atoms with Gasteiger partial charge in [-0.05, 0) is 24.6 Å². The standard InChI is InChI=1S/C24H21N3O/c1-18-12-14-20(15-13-18)23-22(24(28)25-21-10-6-3-7-11-21)17-27(26-23)16-19-8-4-2-5-9-19/h2-15,17H,16H2,1H3,(H,25,28). The Morgan fingerprint density at radius 2 is 1.54 bits per heavy atom. The van der Waals surface area contributed by atoms with Crippen molar-refractivity contribution in [2.24, 2.45) is 0 Å². The number of carbonyl (C=O) groups excluding carboxylic acids is 1. The summed E-state index contributed by atoms with van der Waals surface area (Å²) < 4.78 is 1.82. The van der Waals surface area contributed by atoms with Crippen molar-refractivity contribution in [1.29, 1.82) is 0 Å². The summed E-state index contributed by atoms with van der Waals surface area (Å²) in [5, 5.41) is 7.69. The van der Waals surface area contributed by atoms with E-state index in [1.807, 2.05) is 90.6 Å². The van der Waals surface area contributed by atoms with Gasteiger partial charge in [0, 0.05) is 17.4 Å². The first kappa shape index (κ1) is 17.7. The van der Waals surface area contributed by atoms with Crippen LogP contribution >= 0.6 is 0 Å². The predicted octanol–water partition coefficient (Wildman–Crippen LogP) is 5.16. The molecule has 0 radical (unpaired) electrons. The van der Waals surface area contributed by atoms with Gasteiger partial charge in [0.15, 0.2) is 0 Å². The second-order valence-electron chi connectivity index (χ2n) is 6.76. The third kappa shape index (κ3) is 4.01. The van der Waals surface area contributed by atoms with Crippen molar-refractivity contribution in [3.05, 3.63) is 108 Å². The van der Waals surface area contributed by atoms with Crippen LogP contribution in [-0.2, 0) is 6.54 Å². The average molecular weight is 367 g/mol. The molecule has 28 heavy (non-hydrogen) atoms. The number of amides is 1. The maximum atomic E-state index is 13.0. The van der Waals surface area contributed by atoms with E-state index >= 15 is 0 Å². The summed E-state index contributed by atoms with van der Waals surface area (Å²) in [6, 6.07) is 27.6. The molecule has 1 aromatic heterocycles. The van der Waals surface area contributed by atoms with Gasteiger partial charge in [0.25, 0.3) is 5.91 Å². The number of carbonyl (C=O) groups is 1. The van der Waals surface area contributed by atoms with Crippen molar-refractivity contribution >= 4 is 11.6 Å². The van der Waals surface area contributed by atoms with E-state index in [-0.39, 0.29) is 5.91 Å². The SMILES string of the molecule is Cc1ccc(-c2nn(Cc3ccccc3)cc2C(=O)Nc2ccccc2)cc1. The lowest BCUT2D eigenvalue weighted by atomic mass is 10.1. The Bertz CT molecular complexity index is 1070. The zero-order valence-electron chi connectivity index (χ0n) is 15.7. The van der Waals surface area contributed by atoms with Crippen LogP contribution in [-0.4, -0.2) is 15.7 Å². The molecule has 0 aliphatic heterocycles. The topological polar surface area (TPSA) is 46.9 Å². The fourth-order valence-corrected chi connectivity index (χ4v) is 3.08. The Labute approximate surface area is 164 Å². The van der Waals surface area contributed by atoms with Gasteiger partial charge in [0.05, 0.1) is 12.1 Å². The first-order chi connectivity index (χ1) is 13.7. The number of hydrogen-bond donors (Lipinski definition) is 1. The van der Waals surface area contributed by atoms with Crippen molar-refractivity contribution in [3.8, 4) is 11.3 Å². The van der Waals surface area contributed by atoms with Gasteiger partial charge < -0.3 is 5.32 Å². The molecule has 0 atom stereocenters. The highest BCUT2D eigenvalue weighted by molar-refractivity contribution is 6.08. The number of nitrogens with zero attached hydrogens (tertiary/aromatic N) is 2. The summed E-state index contributed by atoms with van der Waals surface area (Å²) in [6.45, 7) is 2.65. The molecule has 4 nitrogen and oxygen atoms in total. The predicted molar refractivity (Wildman–Crippen MR) is 112 cm³/mol. The van der Waals surface area contributed by atoms with E-state index in [9.17, 15) is 4.79 Å². The summed E-state index contributed by atoms with van der Waals surface area (Å²) in [5.74, 6) is -0.166. The van der Waals surface area contributed by atoms with Crippen LogP contribution in [0.25, 0.3) is 11.3 Å². The van der Waals surface area contributed by atoms with Gasteiger partial charge in [-0.15, -0.1) is 0 Å². The first-order valence-electron chi connectivity index (χ1n) is 9.24. The lowest BCUT2D eigenvalue weighted by Crippen LogP contribution is -2.12. The maximum Gasteiger partial charge on any atom is 0.259 e. The second-order valence-corrected chi connectivity index (χ2v) is 6.76. The molecule has 0 spiro atoms. The second kappa shape index (κ2) is 7.92. The molecule has 0 fully saturated rings. The van der Waals surface area contributed by atoms with E-state index in [2.05, 4.69) is 17.4 Å². The van der Waals surface area contributed by atoms with E-state index in [0.717, 1.165) is 16.8 Å². The van der Waals surface area contributed by atoms with Gasteiger partial charge in [0.1, 0.15) is 5.69 Å². The smallest absolute Gasteiger partial charge is 0.259 e. The van der Waals surface area contributed by atoms with Crippen LogP contribution in [0.2, 0.25) is 0 Å². The zero-order chi connectivity index (χ0) is 19.3. The average Bonchev–Trinajstić information content (AvgIpc) is 3.14. The van der Waals surface area contributed by atoms with Crippen molar-refractivity contribution in [3.63, 3.8) is 0 Å². The minimum absolute atomic E-state index is 0.166. The fourth-order valence-electron chi connectivity index (χ4n) is 3.08. The summed E-state index contributed by atoms with van der Waals surface area (Å²) in [6.07, 6.45) is 1.82. The van der Waals surface area contributed by atoms with Crippen LogP contribution in [0.4, 0.5) is 5.69 Å². The summed E-state index contributed by atoms with van der Waals surface area (Å²) in [7, 11) is 0. The molecule has 3 aromatic carbocycles. The molecule has 1 amide bonds. The molecule has 0 bridgehead atoms. The highest BCUT2D eigenvalue weighted by atomic mass is 16.1. The number of benzene rings is 3. The monoisotopic (exact) mass is 367 g/mol. The van der Waals surface area contributed by atoms with E-state index in [4.69, 9.17) is 5.10 Å². The molecule has 0 saturated carbocycles. The molecule has 0 aliphatic rings. The van der Waals surface area contributed by atoms with E-state index in [1.54, 1.807) is 0 Å². The lowest BCUT2D eigenvalue weighted by molar-refractivity contribution is 0.102. The molecule has 0 aliphatic carbocycles. The molecule has 138 valence electrons. The Hall–Kier alpha value is -3.66. The van der Waals surface area contributed by atoms with Crippen LogP contribution in [0, 0.1) is 6.92 Å². The molecule has 4 rings (SSSR count). The third-order valence-corrected chi connectivity index (χ3v) is 4.55. The quantitative estimate of drug-likeness (QED) is 0.530. The van der Waals surface area contributed by atoms with Crippen molar-refractivity contribution < 1.29 is 4.79 Å². The first-order valence-corrected chi connectivity index (χ1v) is 9.24. The number of anilines is 1. The molecule has 1 heterocycles. The van der Waals surface area contributed by atoms with Gasteiger partial charge in [-0.25, -0.2) is 0 Å². The fraction of sp³-hybridized carbons (Fsp3) is 0.0833. The normalized spacial score (nSPS) is 10.6. The van der Waals surface area contributed by atoms with Gasteiger partial charge in [0.2, 0.25) is 0 Å². The maximum absolute atomic E-state index is 13.0. The van der Waals surface area contributed by atoms with Crippen molar-refractivity contribution in [1.82, 2.24) is 9.78 Å². The number of hydrogen-bond acceptors (Lipinski definition) is 2. The number of para-hydroxylation sites is 1. The Balaban J connectivity index is 1.70. The van der Waals surface area contributed by atoms with E-state index in [1.165, 1.54) is 5.56 Å². The Kier molecular flexibility index (Phi) is 5.02. The number of aromatic nitrogens is 2. The number of nitrogens with one attached hydrogen (secondary N) is 1. The minimum Gasteiger partial charge on any atom is -0.322 e.